The van der Waals surface area contributed by atoms with E-state index in [1.807, 2.05) is 12.1 Å². The molecule has 0 bridgehead atoms. The molecule has 0 N–H and O–H groups in total. The number of anilines is 6. The molecule has 1 heterocycles. The molecule has 1 aliphatic heterocycles. The largest absolute Gasteiger partial charge is 0.453 e. The van der Waals surface area contributed by atoms with Crippen LogP contribution in [0.5, 0.6) is 11.5 Å². The summed E-state index contributed by atoms with van der Waals surface area (Å²) in [6.07, 6.45) is 0. The lowest BCUT2D eigenvalue weighted by atomic mass is 9.81. The first-order valence-electron chi connectivity index (χ1n) is 16.5. The van der Waals surface area contributed by atoms with E-state index in [2.05, 4.69) is 181 Å². The van der Waals surface area contributed by atoms with Crippen molar-refractivity contribution in [3.8, 4) is 33.8 Å². The zero-order chi connectivity index (χ0) is 32.2. The highest BCUT2D eigenvalue weighted by molar-refractivity contribution is 5.90. The maximum atomic E-state index is 6.47. The molecule has 7 aromatic rings. The summed E-state index contributed by atoms with van der Waals surface area (Å²) >= 11 is 0. The zero-order valence-electron chi connectivity index (χ0n) is 27.0. The van der Waals surface area contributed by atoms with Crippen LogP contribution in [0.1, 0.15) is 25.0 Å². The van der Waals surface area contributed by atoms with Gasteiger partial charge in [0.15, 0.2) is 11.5 Å². The molecule has 0 atom stereocenters. The van der Waals surface area contributed by atoms with Crippen LogP contribution < -0.4 is 14.5 Å². The van der Waals surface area contributed by atoms with Gasteiger partial charge in [0.05, 0.1) is 11.4 Å². The second-order valence-electron chi connectivity index (χ2n) is 13.0. The molecule has 0 spiro atoms. The molecular weight excluding hydrogens is 585 g/mol. The quantitative estimate of drug-likeness (QED) is 0.191. The number of fused-ring (bicyclic) bond motifs is 5. The molecule has 3 heteroatoms. The minimum atomic E-state index is -0.0515. The van der Waals surface area contributed by atoms with Crippen LogP contribution >= 0.6 is 0 Å². The van der Waals surface area contributed by atoms with E-state index in [0.717, 1.165) is 45.6 Å². The Kier molecular flexibility index (Phi) is 6.48. The normalized spacial score (nSPS) is 13.5. The van der Waals surface area contributed by atoms with Crippen molar-refractivity contribution in [3.63, 3.8) is 0 Å². The summed E-state index contributed by atoms with van der Waals surface area (Å²) in [7, 11) is 0. The van der Waals surface area contributed by atoms with E-state index in [9.17, 15) is 0 Å². The Balaban J connectivity index is 1.17. The summed E-state index contributed by atoms with van der Waals surface area (Å²) in [5.41, 5.74) is 14.1. The van der Waals surface area contributed by atoms with E-state index in [-0.39, 0.29) is 5.41 Å². The van der Waals surface area contributed by atoms with Crippen LogP contribution in [0.2, 0.25) is 0 Å². The Bertz CT molecular complexity index is 2310. The lowest BCUT2D eigenvalue weighted by Gasteiger charge is -2.34. The van der Waals surface area contributed by atoms with Crippen LogP contribution in [-0.2, 0) is 5.41 Å². The summed E-state index contributed by atoms with van der Waals surface area (Å²) in [5.74, 6) is 1.67. The second kappa shape index (κ2) is 11.0. The Labute approximate surface area is 281 Å². The van der Waals surface area contributed by atoms with Gasteiger partial charge in [0.1, 0.15) is 0 Å². The van der Waals surface area contributed by atoms with Gasteiger partial charge >= 0.3 is 0 Å². The fraction of sp³-hybridized carbons (Fsp3) is 0.0667. The van der Waals surface area contributed by atoms with Crippen molar-refractivity contribution in [2.75, 3.05) is 9.80 Å². The number of hydrogen-bond donors (Lipinski definition) is 0. The maximum absolute atomic E-state index is 6.47. The highest BCUT2D eigenvalue weighted by Gasteiger charge is 2.35. The predicted molar refractivity (Wildman–Crippen MR) is 199 cm³/mol. The maximum Gasteiger partial charge on any atom is 0.151 e. The van der Waals surface area contributed by atoms with Gasteiger partial charge < -0.3 is 14.5 Å². The molecule has 0 saturated heterocycles. The molecule has 1 aliphatic carbocycles. The summed E-state index contributed by atoms with van der Waals surface area (Å²) in [4.78, 5) is 4.63. The summed E-state index contributed by atoms with van der Waals surface area (Å²) in [5, 5.41) is 0. The number of nitrogens with zero attached hydrogens (tertiary/aromatic N) is 2. The molecule has 0 unspecified atom stereocenters. The molecular formula is C45H34N2O. The van der Waals surface area contributed by atoms with Gasteiger partial charge in [-0.05, 0) is 106 Å². The fourth-order valence-corrected chi connectivity index (χ4v) is 7.47. The minimum Gasteiger partial charge on any atom is -0.453 e. The van der Waals surface area contributed by atoms with E-state index < -0.39 is 0 Å². The SMILES string of the molecule is CC1(C)c2ccccc2-c2ccc(-c3cccc(N(c4ccccc4)c4ccc5c(c4)N(c4ccccc4)c4ccccc4O5)c3)cc21. The second-order valence-corrected chi connectivity index (χ2v) is 13.0. The first-order valence-corrected chi connectivity index (χ1v) is 16.5. The van der Waals surface area contributed by atoms with Gasteiger partial charge in [0.25, 0.3) is 0 Å². The first kappa shape index (κ1) is 28.2. The number of para-hydroxylation sites is 4. The molecule has 230 valence electrons. The molecule has 9 rings (SSSR count). The van der Waals surface area contributed by atoms with Gasteiger partial charge in [0.2, 0.25) is 0 Å². The van der Waals surface area contributed by atoms with Crippen LogP contribution in [0.15, 0.2) is 170 Å². The number of rotatable bonds is 5. The standard InChI is InChI=1S/C45H34N2O/c1-45(2)39-21-10-9-20-37(39)38-26-24-32(29-40(38)45)31-14-13-19-35(28-31)46(33-15-5-3-6-16-33)36-25-27-44-42(30-36)47(34-17-7-4-8-18-34)41-22-11-12-23-43(41)48-44/h3-30H,1-2H3. The highest BCUT2D eigenvalue weighted by Crippen LogP contribution is 2.53. The van der Waals surface area contributed by atoms with Gasteiger partial charge in [-0.2, -0.15) is 0 Å². The third kappa shape index (κ3) is 4.51. The summed E-state index contributed by atoms with van der Waals surface area (Å²) in [6, 6.07) is 60.5. The molecule has 0 saturated carbocycles. The van der Waals surface area contributed by atoms with Gasteiger partial charge in [-0.3, -0.25) is 0 Å². The van der Waals surface area contributed by atoms with Gasteiger partial charge in [-0.25, -0.2) is 0 Å². The topological polar surface area (TPSA) is 15.7 Å². The number of hydrogen-bond acceptors (Lipinski definition) is 3. The molecule has 7 aromatic carbocycles. The molecule has 0 amide bonds. The van der Waals surface area contributed by atoms with Crippen molar-refractivity contribution in [1.82, 2.24) is 0 Å². The van der Waals surface area contributed by atoms with Crippen molar-refractivity contribution >= 4 is 34.1 Å². The predicted octanol–water partition coefficient (Wildman–Crippen LogP) is 12.7. The monoisotopic (exact) mass is 618 g/mol. The van der Waals surface area contributed by atoms with E-state index in [1.54, 1.807) is 0 Å². The van der Waals surface area contributed by atoms with Crippen LogP contribution in [-0.4, -0.2) is 0 Å². The lowest BCUT2D eigenvalue weighted by molar-refractivity contribution is 0.477. The average Bonchev–Trinajstić information content (AvgIpc) is 3.37. The molecule has 0 fully saturated rings. The van der Waals surface area contributed by atoms with Gasteiger partial charge in [-0.15, -0.1) is 0 Å². The van der Waals surface area contributed by atoms with E-state index >= 15 is 0 Å². The van der Waals surface area contributed by atoms with E-state index in [1.165, 1.54) is 33.4 Å². The summed E-state index contributed by atoms with van der Waals surface area (Å²) in [6.45, 7) is 4.68. The van der Waals surface area contributed by atoms with Crippen LogP contribution in [0.25, 0.3) is 22.3 Å². The van der Waals surface area contributed by atoms with Crippen molar-refractivity contribution in [3.05, 3.63) is 181 Å². The average molecular weight is 619 g/mol. The molecule has 3 nitrogen and oxygen atoms in total. The van der Waals surface area contributed by atoms with Crippen molar-refractivity contribution < 1.29 is 4.74 Å². The smallest absolute Gasteiger partial charge is 0.151 e. The van der Waals surface area contributed by atoms with Crippen LogP contribution in [0, 0.1) is 0 Å². The van der Waals surface area contributed by atoms with Crippen LogP contribution in [0.4, 0.5) is 34.1 Å². The summed E-state index contributed by atoms with van der Waals surface area (Å²) < 4.78 is 6.47. The minimum absolute atomic E-state index is 0.0515. The Morgan fingerprint density at radius 2 is 1.10 bits per heavy atom. The third-order valence-electron chi connectivity index (χ3n) is 9.82. The molecule has 48 heavy (non-hydrogen) atoms. The third-order valence-corrected chi connectivity index (χ3v) is 9.82. The molecule has 0 aromatic heterocycles. The first-order chi connectivity index (χ1) is 23.6. The zero-order valence-corrected chi connectivity index (χ0v) is 27.0. The fourth-order valence-electron chi connectivity index (χ4n) is 7.47. The highest BCUT2D eigenvalue weighted by atomic mass is 16.5. The Morgan fingerprint density at radius 3 is 1.96 bits per heavy atom. The lowest BCUT2D eigenvalue weighted by Crippen LogP contribution is -2.17. The number of ether oxygens (including phenoxy) is 1. The van der Waals surface area contributed by atoms with Gasteiger partial charge in [0, 0.05) is 28.2 Å². The molecule has 0 radical (unpaired) electrons. The number of benzene rings is 7. The Hall–Kier alpha value is -6.06. The van der Waals surface area contributed by atoms with E-state index in [0.29, 0.717) is 0 Å². The van der Waals surface area contributed by atoms with Crippen molar-refractivity contribution in [2.24, 2.45) is 0 Å². The van der Waals surface area contributed by atoms with E-state index in [4.69, 9.17) is 4.74 Å². The Morgan fingerprint density at radius 1 is 0.458 bits per heavy atom. The van der Waals surface area contributed by atoms with Crippen molar-refractivity contribution in [2.45, 2.75) is 19.3 Å². The van der Waals surface area contributed by atoms with Gasteiger partial charge in [-0.1, -0.05) is 111 Å². The molecule has 2 aliphatic rings. The van der Waals surface area contributed by atoms with Crippen molar-refractivity contribution in [1.29, 1.82) is 0 Å². The van der Waals surface area contributed by atoms with Crippen LogP contribution in [0.3, 0.4) is 0 Å².